The van der Waals surface area contributed by atoms with Gasteiger partial charge in [-0.2, -0.15) is 0 Å². The average molecular weight is 1890 g/mol. The maximum absolute atomic E-state index is 9.29. The molecule has 2 N–H and O–H groups in total. The Balaban J connectivity index is 0.000000121. The summed E-state index contributed by atoms with van der Waals surface area (Å²) in [6.07, 6.45) is 0. The predicted octanol–water partition coefficient (Wildman–Crippen LogP) is 30.1. The molecular weight excluding hydrogens is 1800 g/mol. The summed E-state index contributed by atoms with van der Waals surface area (Å²) in [4.78, 5) is 28.9. The number of halogens is 1. The van der Waals surface area contributed by atoms with Gasteiger partial charge >= 0.3 is 7.12 Å². The lowest BCUT2D eigenvalue weighted by Gasteiger charge is -2.13. The summed E-state index contributed by atoms with van der Waals surface area (Å²) < 4.78 is 16.0. The summed E-state index contributed by atoms with van der Waals surface area (Å²) in [5.41, 5.74) is 29.0. The maximum atomic E-state index is 9.29. The van der Waals surface area contributed by atoms with Gasteiger partial charge in [0.2, 0.25) is 0 Å². The molecule has 0 amide bonds. The Bertz CT molecular complexity index is 9520. The first kappa shape index (κ1) is 84.2. The summed E-state index contributed by atoms with van der Waals surface area (Å²) in [6.45, 7) is 0. The fourth-order valence-corrected chi connectivity index (χ4v) is 21.5. The van der Waals surface area contributed by atoms with Gasteiger partial charge in [-0.15, -0.1) is 0 Å². The SMILES string of the molecule is Brc1ccc2c(c1)c1c3c(c4ccccc4n3-c3ccccc3)c3c(c4ccccc4n3-c3ccccc3)c1n2-c1ccccc1.OB(O)c1ccc(-c2nc(-c3ccccc3)nc(-c3ccccc3)n2)cc1.c1ccc(-c2nc(-c3ccccc3)nc(-c3ccc(-c4ccc5c(c4)c4c6c(c7ccccc7n6-c6ccccc6)c6c(c7ccccc7n6-c6ccccc6)c4n5-c4ccccc4)cc3)n2)cc1. The van der Waals surface area contributed by atoms with E-state index < -0.39 is 7.12 Å². The molecule has 0 fully saturated rings. The molecule has 0 spiro atoms. The van der Waals surface area contributed by atoms with Crippen molar-refractivity contribution in [1.29, 1.82) is 0 Å². The largest absolute Gasteiger partial charge is 0.488 e. The maximum Gasteiger partial charge on any atom is 0.488 e. The van der Waals surface area contributed by atoms with Crippen LogP contribution in [0.5, 0.6) is 0 Å². The topological polar surface area (TPSA) is 147 Å². The summed E-state index contributed by atoms with van der Waals surface area (Å²) >= 11 is 3.85. The Morgan fingerprint density at radius 3 is 0.620 bits per heavy atom. The Kier molecular flexibility index (Phi) is 21.0. The van der Waals surface area contributed by atoms with E-state index in [9.17, 15) is 10.0 Å². The fourth-order valence-electron chi connectivity index (χ4n) is 21.1. The van der Waals surface area contributed by atoms with Gasteiger partial charge in [-0.05, 0) is 144 Å². The van der Waals surface area contributed by atoms with Gasteiger partial charge in [0.05, 0.1) is 66.2 Å². The van der Waals surface area contributed by atoms with Crippen LogP contribution in [-0.4, -0.2) is 74.5 Å². The van der Waals surface area contributed by atoms with E-state index in [4.69, 9.17) is 15.0 Å². The van der Waals surface area contributed by atoms with E-state index in [0.29, 0.717) is 40.4 Å². The number of rotatable bonds is 14. The summed E-state index contributed by atoms with van der Waals surface area (Å²) in [5, 5.41) is 33.3. The molecule has 0 radical (unpaired) electrons. The molecule has 28 rings (SSSR count). The molecule has 0 atom stereocenters. The molecule has 668 valence electrons. The second kappa shape index (κ2) is 35.4. The van der Waals surface area contributed by atoms with Gasteiger partial charge in [-0.25, -0.2) is 29.9 Å². The molecule has 0 aliphatic carbocycles. The second-order valence-electron chi connectivity index (χ2n) is 35.5. The van der Waals surface area contributed by atoms with Crippen LogP contribution in [0, 0.1) is 0 Å². The van der Waals surface area contributed by atoms with Crippen molar-refractivity contribution in [1.82, 2.24) is 57.3 Å². The molecule has 20 aromatic carbocycles. The zero-order valence-corrected chi connectivity index (χ0v) is 78.0. The lowest BCUT2D eigenvalue weighted by molar-refractivity contribution is 0.426. The van der Waals surface area contributed by atoms with Crippen molar-refractivity contribution in [2.45, 2.75) is 0 Å². The van der Waals surface area contributed by atoms with Gasteiger partial charge in [0.1, 0.15) is 0 Å². The molecule has 8 heterocycles. The summed E-state index contributed by atoms with van der Waals surface area (Å²) in [5.74, 6) is 3.62. The highest BCUT2D eigenvalue weighted by Gasteiger charge is 2.33. The van der Waals surface area contributed by atoms with Crippen LogP contribution in [0.4, 0.5) is 0 Å². The molecule has 0 aliphatic heterocycles. The van der Waals surface area contributed by atoms with Gasteiger partial charge in [-0.3, -0.25) is 0 Å². The Morgan fingerprint density at radius 1 is 0.169 bits per heavy atom. The van der Waals surface area contributed by atoms with E-state index in [0.717, 1.165) is 94.1 Å². The van der Waals surface area contributed by atoms with Crippen molar-refractivity contribution in [2.24, 2.45) is 0 Å². The average Bonchev–Trinajstić information content (AvgIpc) is 1.51. The quantitative estimate of drug-likeness (QED) is 0.102. The molecular formula is C126H82BBrN12O2. The standard InChI is InChI=1S/C63H40N6.C42H26BrN3.C21H16BN3O2/c1-6-20-42(21-7-1)61-64-62(43-22-8-2-9-23-43)66-63(65-61)44-36-34-41(35-37-44)45-38-39-54-51(40-45)57-59-55(50-31-17-19-33-53(50)68(59)47-26-12-4-13-27-47)58-56(60(57)69(54)48-28-14-5-15-29-48)49-30-16-18-32-52(49)67(58)46-24-10-3-11-25-46;43-27-24-25-36-33(26-27)39-41-37(32-21-11-13-23-35(32)45(41)29-16-6-2-7-17-29)40-38(42(39)46(36)30-18-8-3-9-19-30)31-20-10-12-22-34(31)44(40)28-14-4-1-5-15-28;26-22(27)18-13-11-17(12-14-18)21-24-19(15-7-3-1-4-8-15)23-20(25-21)16-9-5-2-6-10-16/h1-40H;1-26H;1-14,26-27H. The van der Waals surface area contributed by atoms with Gasteiger partial charge < -0.3 is 37.5 Å². The minimum atomic E-state index is -1.50. The van der Waals surface area contributed by atoms with E-state index in [2.05, 4.69) is 398 Å². The Morgan fingerprint density at radius 2 is 0.359 bits per heavy atom. The molecule has 8 aromatic heterocycles. The van der Waals surface area contributed by atoms with Crippen LogP contribution in [0.3, 0.4) is 0 Å². The molecule has 28 aromatic rings. The smallest absolute Gasteiger partial charge is 0.423 e. The summed E-state index contributed by atoms with van der Waals surface area (Å²) in [6, 6.07) is 170. The number of hydrogen-bond donors (Lipinski definition) is 2. The highest BCUT2D eigenvalue weighted by atomic mass is 79.9. The number of para-hydroxylation sites is 10. The molecule has 0 saturated heterocycles. The van der Waals surface area contributed by atoms with Gasteiger partial charge in [0.15, 0.2) is 34.9 Å². The normalized spacial score (nSPS) is 11.6. The number of nitrogens with zero attached hydrogens (tertiary/aromatic N) is 12. The highest BCUT2D eigenvalue weighted by Crippen LogP contribution is 2.54. The lowest BCUT2D eigenvalue weighted by Crippen LogP contribution is -2.29. The minimum Gasteiger partial charge on any atom is -0.423 e. The second-order valence-corrected chi connectivity index (χ2v) is 36.4. The van der Waals surface area contributed by atoms with Crippen molar-refractivity contribution in [3.8, 4) is 114 Å². The van der Waals surface area contributed by atoms with Crippen LogP contribution in [0.15, 0.2) is 490 Å². The van der Waals surface area contributed by atoms with Gasteiger partial charge in [-0.1, -0.05) is 374 Å². The van der Waals surface area contributed by atoms with Crippen LogP contribution >= 0.6 is 15.9 Å². The first-order valence-corrected chi connectivity index (χ1v) is 48.3. The zero-order chi connectivity index (χ0) is 94.4. The van der Waals surface area contributed by atoms with Crippen LogP contribution in [-0.2, 0) is 0 Å². The molecule has 0 saturated carbocycles. The Labute approximate surface area is 824 Å². The number of aromatic nitrogens is 12. The molecule has 16 heteroatoms. The fraction of sp³-hybridized carbons (Fsp3) is 0. The van der Waals surface area contributed by atoms with Crippen LogP contribution < -0.4 is 5.46 Å². The molecule has 14 nitrogen and oxygen atoms in total. The molecule has 0 aliphatic rings. The number of fused-ring (bicyclic) bond motifs is 24. The predicted molar refractivity (Wildman–Crippen MR) is 588 cm³/mol. The van der Waals surface area contributed by atoms with Crippen molar-refractivity contribution < 1.29 is 10.0 Å². The molecule has 0 unspecified atom stereocenters. The van der Waals surface area contributed by atoms with Crippen molar-refractivity contribution in [2.75, 3.05) is 0 Å². The van der Waals surface area contributed by atoms with Crippen LogP contribution in [0.25, 0.3) is 244 Å². The van der Waals surface area contributed by atoms with E-state index >= 15 is 0 Å². The number of benzene rings is 20. The molecule has 142 heavy (non-hydrogen) atoms. The van der Waals surface area contributed by atoms with Crippen molar-refractivity contribution >= 4 is 159 Å². The van der Waals surface area contributed by atoms with Gasteiger partial charge in [0, 0.05) is 137 Å². The third-order valence-corrected chi connectivity index (χ3v) is 27.7. The van der Waals surface area contributed by atoms with Crippen molar-refractivity contribution in [3.05, 3.63) is 490 Å². The summed E-state index contributed by atoms with van der Waals surface area (Å²) in [7, 11) is -1.50. The minimum absolute atomic E-state index is 0.416. The van der Waals surface area contributed by atoms with Gasteiger partial charge in [0.25, 0.3) is 0 Å². The zero-order valence-electron chi connectivity index (χ0n) is 76.4. The first-order valence-electron chi connectivity index (χ1n) is 47.5. The number of hydrogen-bond acceptors (Lipinski definition) is 8. The third-order valence-electron chi connectivity index (χ3n) is 27.2. The van der Waals surface area contributed by atoms with Crippen LogP contribution in [0.1, 0.15) is 0 Å². The van der Waals surface area contributed by atoms with E-state index in [1.54, 1.807) is 24.3 Å². The van der Waals surface area contributed by atoms with Crippen molar-refractivity contribution in [3.63, 3.8) is 0 Å². The third kappa shape index (κ3) is 14.3. The van der Waals surface area contributed by atoms with E-state index in [-0.39, 0.29) is 0 Å². The van der Waals surface area contributed by atoms with Crippen LogP contribution in [0.2, 0.25) is 0 Å². The van der Waals surface area contributed by atoms with E-state index in [1.165, 1.54) is 120 Å². The highest BCUT2D eigenvalue weighted by molar-refractivity contribution is 9.10. The van der Waals surface area contributed by atoms with E-state index in [1.807, 2.05) is 121 Å². The lowest BCUT2D eigenvalue weighted by atomic mass is 9.80. The monoisotopic (exact) mass is 1880 g/mol. The Hall–Kier alpha value is -18.3. The first-order chi connectivity index (χ1) is 70.3. The molecule has 0 bridgehead atoms.